The van der Waals surface area contributed by atoms with Crippen molar-refractivity contribution in [1.29, 1.82) is 0 Å². The van der Waals surface area contributed by atoms with Crippen molar-refractivity contribution in [2.45, 2.75) is 6.18 Å². The summed E-state index contributed by atoms with van der Waals surface area (Å²) in [6, 6.07) is 9.06. The number of halogens is 4. The van der Waals surface area contributed by atoms with Gasteiger partial charge in [-0.15, -0.1) is 0 Å². The van der Waals surface area contributed by atoms with Crippen molar-refractivity contribution in [1.82, 2.24) is 14.8 Å². The maximum Gasteiger partial charge on any atom is 0.434 e. The molecular weight excluding hydrogens is 435 g/mol. The Morgan fingerprint density at radius 3 is 2.52 bits per heavy atom. The molecule has 0 atom stereocenters. The largest absolute Gasteiger partial charge is 0.434 e. The molecule has 2 aromatic heterocycles. The van der Waals surface area contributed by atoms with Gasteiger partial charge in [-0.2, -0.15) is 18.3 Å². The number of carbonyl (C=O) groups excluding carboxylic acids is 1. The van der Waals surface area contributed by atoms with Crippen LogP contribution in [0.1, 0.15) is 16.1 Å². The number of aromatic nitrogens is 3. The summed E-state index contributed by atoms with van der Waals surface area (Å²) in [7, 11) is 0. The van der Waals surface area contributed by atoms with E-state index in [9.17, 15) is 18.0 Å². The molecule has 1 amide bonds. The van der Waals surface area contributed by atoms with E-state index in [1.807, 2.05) is 0 Å². The predicted octanol–water partition coefficient (Wildman–Crippen LogP) is 4.03. The van der Waals surface area contributed by atoms with Crippen molar-refractivity contribution in [2.75, 3.05) is 36.5 Å². The van der Waals surface area contributed by atoms with Crippen LogP contribution in [0, 0.1) is 0 Å². The third-order valence-electron chi connectivity index (χ3n) is 4.70. The van der Waals surface area contributed by atoms with Gasteiger partial charge in [-0.25, -0.2) is 9.67 Å². The minimum Gasteiger partial charge on any atom is -0.378 e. The number of alkyl halides is 3. The molecule has 1 aromatic carbocycles. The van der Waals surface area contributed by atoms with Crippen molar-refractivity contribution in [3.8, 4) is 5.69 Å². The number of amides is 1. The zero-order valence-corrected chi connectivity index (χ0v) is 16.8. The summed E-state index contributed by atoms with van der Waals surface area (Å²) in [5.41, 5.74) is -0.887. The SMILES string of the molecule is O=C(Nc1ccc(N2CCOCC2)cn1)c1cnn(-c2cccc(Cl)c2)c1C(F)(F)F. The monoisotopic (exact) mass is 451 g/mol. The lowest BCUT2D eigenvalue weighted by Gasteiger charge is -2.28. The van der Waals surface area contributed by atoms with Crippen LogP contribution in [0.2, 0.25) is 5.02 Å². The molecule has 1 saturated heterocycles. The number of hydrogen-bond acceptors (Lipinski definition) is 5. The van der Waals surface area contributed by atoms with Crippen LogP contribution in [-0.2, 0) is 10.9 Å². The molecule has 0 radical (unpaired) electrons. The van der Waals surface area contributed by atoms with Crippen molar-refractivity contribution in [3.05, 3.63) is 65.1 Å². The molecule has 0 saturated carbocycles. The Kier molecular flexibility index (Phi) is 5.84. The average molecular weight is 452 g/mol. The first-order valence-electron chi connectivity index (χ1n) is 9.34. The third-order valence-corrected chi connectivity index (χ3v) is 4.94. The lowest BCUT2D eigenvalue weighted by Crippen LogP contribution is -2.36. The molecule has 3 heterocycles. The molecule has 1 N–H and O–H groups in total. The van der Waals surface area contributed by atoms with Crippen LogP contribution >= 0.6 is 11.6 Å². The Balaban J connectivity index is 1.58. The molecule has 31 heavy (non-hydrogen) atoms. The minimum atomic E-state index is -4.82. The maximum absolute atomic E-state index is 13.8. The number of nitrogens with zero attached hydrogens (tertiary/aromatic N) is 4. The van der Waals surface area contributed by atoms with Gasteiger partial charge in [0.05, 0.1) is 42.5 Å². The summed E-state index contributed by atoms with van der Waals surface area (Å²) in [5.74, 6) is -0.835. The van der Waals surface area contributed by atoms with Gasteiger partial charge in [-0.3, -0.25) is 4.79 Å². The molecule has 1 fully saturated rings. The zero-order valence-electron chi connectivity index (χ0n) is 16.1. The molecule has 162 valence electrons. The molecule has 0 aliphatic carbocycles. The normalized spacial score (nSPS) is 14.5. The third kappa shape index (κ3) is 4.64. The average Bonchev–Trinajstić information content (AvgIpc) is 3.21. The number of anilines is 2. The number of benzene rings is 1. The fourth-order valence-electron chi connectivity index (χ4n) is 3.24. The van der Waals surface area contributed by atoms with E-state index in [-0.39, 0.29) is 16.5 Å². The van der Waals surface area contributed by atoms with Crippen molar-refractivity contribution < 1.29 is 22.7 Å². The highest BCUT2D eigenvalue weighted by molar-refractivity contribution is 6.30. The highest BCUT2D eigenvalue weighted by Gasteiger charge is 2.40. The molecule has 0 unspecified atom stereocenters. The Hall–Kier alpha value is -3.11. The molecule has 1 aliphatic heterocycles. The second-order valence-corrected chi connectivity index (χ2v) is 7.19. The van der Waals surface area contributed by atoms with E-state index in [0.29, 0.717) is 31.0 Å². The van der Waals surface area contributed by atoms with Gasteiger partial charge in [0, 0.05) is 18.1 Å². The lowest BCUT2D eigenvalue weighted by molar-refractivity contribution is -0.143. The maximum atomic E-state index is 13.8. The summed E-state index contributed by atoms with van der Waals surface area (Å²) >= 11 is 5.89. The minimum absolute atomic E-state index is 0.0897. The lowest BCUT2D eigenvalue weighted by atomic mass is 10.2. The van der Waals surface area contributed by atoms with Crippen LogP contribution in [0.4, 0.5) is 24.7 Å². The Bertz CT molecular complexity index is 1080. The summed E-state index contributed by atoms with van der Waals surface area (Å²) < 4.78 is 47.3. The Morgan fingerprint density at radius 2 is 1.87 bits per heavy atom. The van der Waals surface area contributed by atoms with Crippen molar-refractivity contribution in [3.63, 3.8) is 0 Å². The number of rotatable bonds is 4. The van der Waals surface area contributed by atoms with Crippen LogP contribution in [0.3, 0.4) is 0 Å². The van der Waals surface area contributed by atoms with Gasteiger partial charge in [0.2, 0.25) is 0 Å². The molecule has 4 rings (SSSR count). The quantitative estimate of drug-likeness (QED) is 0.648. The van der Waals surface area contributed by atoms with Crippen LogP contribution in [0.25, 0.3) is 5.69 Å². The first-order chi connectivity index (χ1) is 14.8. The fourth-order valence-corrected chi connectivity index (χ4v) is 3.43. The van der Waals surface area contributed by atoms with E-state index in [0.717, 1.165) is 11.9 Å². The first kappa shape index (κ1) is 21.1. The summed E-state index contributed by atoms with van der Waals surface area (Å²) in [6.45, 7) is 2.64. The van der Waals surface area contributed by atoms with Crippen LogP contribution in [-0.4, -0.2) is 47.0 Å². The highest BCUT2D eigenvalue weighted by atomic mass is 35.5. The Labute approximate surface area is 180 Å². The highest BCUT2D eigenvalue weighted by Crippen LogP contribution is 2.34. The topological polar surface area (TPSA) is 72.3 Å². The zero-order chi connectivity index (χ0) is 22.0. The van der Waals surface area contributed by atoms with Gasteiger partial charge < -0.3 is 15.0 Å². The van der Waals surface area contributed by atoms with Crippen LogP contribution in [0.15, 0.2) is 48.8 Å². The summed E-state index contributed by atoms with van der Waals surface area (Å²) in [5, 5.41) is 6.42. The van der Waals surface area contributed by atoms with E-state index < -0.39 is 23.3 Å². The first-order valence-corrected chi connectivity index (χ1v) is 9.72. The van der Waals surface area contributed by atoms with Crippen LogP contribution in [0.5, 0.6) is 0 Å². The van der Waals surface area contributed by atoms with Gasteiger partial charge >= 0.3 is 6.18 Å². The number of hydrogen-bond donors (Lipinski definition) is 1. The number of pyridine rings is 1. The Morgan fingerprint density at radius 1 is 1.10 bits per heavy atom. The number of ether oxygens (including phenoxy) is 1. The van der Waals surface area contributed by atoms with E-state index in [4.69, 9.17) is 16.3 Å². The van der Waals surface area contributed by atoms with E-state index in [2.05, 4.69) is 20.3 Å². The molecule has 7 nitrogen and oxygen atoms in total. The molecule has 3 aromatic rings. The molecule has 0 bridgehead atoms. The van der Waals surface area contributed by atoms with Gasteiger partial charge in [0.1, 0.15) is 5.82 Å². The van der Waals surface area contributed by atoms with E-state index >= 15 is 0 Å². The summed E-state index contributed by atoms with van der Waals surface area (Å²) in [4.78, 5) is 18.8. The van der Waals surface area contributed by atoms with Crippen molar-refractivity contribution >= 4 is 29.0 Å². The smallest absolute Gasteiger partial charge is 0.378 e. The van der Waals surface area contributed by atoms with Gasteiger partial charge in [-0.1, -0.05) is 17.7 Å². The predicted molar refractivity (Wildman–Crippen MR) is 109 cm³/mol. The molecular formula is C20H17ClF3N5O2. The van der Waals surface area contributed by atoms with E-state index in [1.54, 1.807) is 12.3 Å². The fraction of sp³-hybridized carbons (Fsp3) is 0.250. The second-order valence-electron chi connectivity index (χ2n) is 6.75. The van der Waals surface area contributed by atoms with Crippen molar-refractivity contribution in [2.24, 2.45) is 0 Å². The van der Waals surface area contributed by atoms with Crippen LogP contribution < -0.4 is 10.2 Å². The number of carbonyl (C=O) groups is 1. The standard InChI is InChI=1S/C20H17ClF3N5O2/c21-13-2-1-3-14(10-13)29-18(20(22,23)24)16(12-26-29)19(30)27-17-5-4-15(11-25-17)28-6-8-31-9-7-28/h1-5,10-12H,6-9H2,(H,25,27,30). The number of morpholine rings is 1. The van der Waals surface area contributed by atoms with E-state index in [1.165, 1.54) is 30.3 Å². The number of nitrogens with one attached hydrogen (secondary N) is 1. The summed E-state index contributed by atoms with van der Waals surface area (Å²) in [6.07, 6.45) is -2.39. The molecule has 0 spiro atoms. The molecule has 1 aliphatic rings. The second kappa shape index (κ2) is 8.56. The van der Waals surface area contributed by atoms with Gasteiger partial charge in [0.15, 0.2) is 5.69 Å². The van der Waals surface area contributed by atoms with Gasteiger partial charge in [0.25, 0.3) is 5.91 Å². The van der Waals surface area contributed by atoms with Gasteiger partial charge in [-0.05, 0) is 30.3 Å². The molecule has 11 heteroatoms.